The number of nitrogens with one attached hydrogen (secondary N) is 1. The van der Waals surface area contributed by atoms with Crippen LogP contribution in [-0.2, 0) is 11.2 Å². The summed E-state index contributed by atoms with van der Waals surface area (Å²) in [5.74, 6) is 0. The Morgan fingerprint density at radius 2 is 2.17 bits per heavy atom. The van der Waals surface area contributed by atoms with Crippen LogP contribution in [0, 0.1) is 0 Å². The van der Waals surface area contributed by atoms with Crippen LogP contribution in [0.3, 0.4) is 0 Å². The lowest BCUT2D eigenvalue weighted by Gasteiger charge is -2.25. The van der Waals surface area contributed by atoms with Gasteiger partial charge in [-0.3, -0.25) is 0 Å². The summed E-state index contributed by atoms with van der Waals surface area (Å²) in [6.07, 6.45) is 3.95. The molecule has 0 bridgehead atoms. The second-order valence-corrected chi connectivity index (χ2v) is 5.43. The highest BCUT2D eigenvalue weighted by Crippen LogP contribution is 2.25. The van der Waals surface area contributed by atoms with Gasteiger partial charge in [-0.1, -0.05) is 36.7 Å². The van der Waals surface area contributed by atoms with Gasteiger partial charge in [0.15, 0.2) is 0 Å². The first-order valence-corrected chi connectivity index (χ1v) is 7.20. The number of hydrogen-bond donors (Lipinski definition) is 1. The van der Waals surface area contributed by atoms with Gasteiger partial charge >= 0.3 is 0 Å². The van der Waals surface area contributed by atoms with Crippen molar-refractivity contribution in [3.05, 3.63) is 34.9 Å². The highest BCUT2D eigenvalue weighted by Gasteiger charge is 2.29. The summed E-state index contributed by atoms with van der Waals surface area (Å²) in [4.78, 5) is 0. The first kappa shape index (κ1) is 13.9. The van der Waals surface area contributed by atoms with E-state index in [9.17, 15) is 0 Å². The van der Waals surface area contributed by atoms with Crippen molar-refractivity contribution >= 4 is 11.6 Å². The molecule has 1 fully saturated rings. The highest BCUT2D eigenvalue weighted by atomic mass is 35.5. The van der Waals surface area contributed by atoms with Crippen LogP contribution < -0.4 is 5.32 Å². The normalized spacial score (nSPS) is 25.3. The fraction of sp³-hybridized carbons (Fsp3) is 0.600. The molecule has 0 saturated carbocycles. The molecule has 0 radical (unpaired) electrons. The summed E-state index contributed by atoms with van der Waals surface area (Å²) in [7, 11) is 0. The van der Waals surface area contributed by atoms with E-state index in [4.69, 9.17) is 16.3 Å². The summed E-state index contributed by atoms with van der Waals surface area (Å²) in [5, 5.41) is 4.39. The number of halogens is 1. The molecule has 3 unspecified atom stereocenters. The topological polar surface area (TPSA) is 21.3 Å². The molecule has 0 aromatic heterocycles. The summed E-state index contributed by atoms with van der Waals surface area (Å²) >= 11 is 6.24. The van der Waals surface area contributed by atoms with Gasteiger partial charge < -0.3 is 10.1 Å². The minimum absolute atomic E-state index is 0.316. The van der Waals surface area contributed by atoms with Crippen molar-refractivity contribution in [3.8, 4) is 0 Å². The van der Waals surface area contributed by atoms with E-state index in [0.29, 0.717) is 18.2 Å². The maximum atomic E-state index is 6.24. The van der Waals surface area contributed by atoms with Crippen LogP contribution in [0.5, 0.6) is 0 Å². The third kappa shape index (κ3) is 3.47. The summed E-state index contributed by atoms with van der Waals surface area (Å²) in [6, 6.07) is 8.44. The van der Waals surface area contributed by atoms with Gasteiger partial charge in [-0.25, -0.2) is 0 Å². The monoisotopic (exact) mass is 267 g/mol. The molecular formula is C15H22ClNO. The Hall–Kier alpha value is -0.570. The van der Waals surface area contributed by atoms with E-state index < -0.39 is 0 Å². The van der Waals surface area contributed by atoms with Gasteiger partial charge in [-0.2, -0.15) is 0 Å². The molecule has 0 aliphatic carbocycles. The quantitative estimate of drug-likeness (QED) is 0.883. The largest absolute Gasteiger partial charge is 0.374 e. The van der Waals surface area contributed by atoms with E-state index in [1.54, 1.807) is 0 Å². The zero-order valence-corrected chi connectivity index (χ0v) is 11.9. The number of likely N-dealkylation sites (N-methyl/N-ethyl adjacent to an activating group) is 1. The van der Waals surface area contributed by atoms with Gasteiger partial charge in [-0.15, -0.1) is 0 Å². The Morgan fingerprint density at radius 1 is 1.39 bits per heavy atom. The van der Waals surface area contributed by atoms with E-state index in [2.05, 4.69) is 25.2 Å². The maximum absolute atomic E-state index is 6.24. The Labute approximate surface area is 115 Å². The van der Waals surface area contributed by atoms with Crippen molar-refractivity contribution in [2.24, 2.45) is 0 Å². The van der Waals surface area contributed by atoms with Gasteiger partial charge in [0.05, 0.1) is 12.2 Å². The average molecular weight is 268 g/mol. The molecule has 0 spiro atoms. The molecule has 1 aromatic carbocycles. The third-order valence-corrected chi connectivity index (χ3v) is 3.95. The van der Waals surface area contributed by atoms with Crippen LogP contribution >= 0.6 is 11.6 Å². The number of ether oxygens (including phenoxy) is 1. The summed E-state index contributed by atoms with van der Waals surface area (Å²) in [6.45, 7) is 5.25. The summed E-state index contributed by atoms with van der Waals surface area (Å²) in [5.41, 5.74) is 1.20. The zero-order valence-electron chi connectivity index (χ0n) is 11.2. The Morgan fingerprint density at radius 3 is 2.78 bits per heavy atom. The van der Waals surface area contributed by atoms with Gasteiger partial charge in [-0.05, 0) is 44.4 Å². The second-order valence-electron chi connectivity index (χ2n) is 5.02. The first-order valence-electron chi connectivity index (χ1n) is 6.83. The molecular weight excluding hydrogens is 246 g/mol. The molecule has 3 heteroatoms. The van der Waals surface area contributed by atoms with Crippen molar-refractivity contribution in [2.75, 3.05) is 6.54 Å². The van der Waals surface area contributed by atoms with Crippen molar-refractivity contribution in [1.29, 1.82) is 0 Å². The number of benzene rings is 1. The van der Waals surface area contributed by atoms with Crippen LogP contribution in [0.15, 0.2) is 24.3 Å². The molecule has 3 atom stereocenters. The van der Waals surface area contributed by atoms with Crippen molar-refractivity contribution in [3.63, 3.8) is 0 Å². The summed E-state index contributed by atoms with van der Waals surface area (Å²) < 4.78 is 5.98. The lowest BCUT2D eigenvalue weighted by Crippen LogP contribution is -2.41. The van der Waals surface area contributed by atoms with Gasteiger partial charge in [0, 0.05) is 11.1 Å². The molecule has 2 rings (SSSR count). The molecule has 100 valence electrons. The fourth-order valence-corrected chi connectivity index (χ4v) is 2.84. The molecule has 1 N–H and O–H groups in total. The Bertz CT molecular complexity index is 383. The predicted octanol–water partition coefficient (Wildman–Crippen LogP) is 3.43. The average Bonchev–Trinajstić information content (AvgIpc) is 2.78. The molecule has 18 heavy (non-hydrogen) atoms. The van der Waals surface area contributed by atoms with Crippen LogP contribution in [-0.4, -0.2) is 24.8 Å². The number of hydrogen-bond acceptors (Lipinski definition) is 2. The third-order valence-electron chi connectivity index (χ3n) is 3.58. The molecule has 2 nitrogen and oxygen atoms in total. The fourth-order valence-electron chi connectivity index (χ4n) is 2.63. The lowest BCUT2D eigenvalue weighted by molar-refractivity contribution is 0.0324. The predicted molar refractivity (Wildman–Crippen MR) is 76.2 cm³/mol. The number of rotatable bonds is 5. The maximum Gasteiger partial charge on any atom is 0.0735 e. The first-order chi connectivity index (χ1) is 8.70. The van der Waals surface area contributed by atoms with Crippen LogP contribution in [0.1, 0.15) is 32.3 Å². The minimum atomic E-state index is 0.316. The molecule has 1 aliphatic rings. The van der Waals surface area contributed by atoms with E-state index in [1.807, 2.05) is 18.2 Å². The van der Waals surface area contributed by atoms with Crippen LogP contribution in [0.25, 0.3) is 0 Å². The van der Waals surface area contributed by atoms with Crippen molar-refractivity contribution < 1.29 is 4.74 Å². The molecule has 1 aliphatic heterocycles. The van der Waals surface area contributed by atoms with Crippen LogP contribution in [0.2, 0.25) is 5.02 Å². The van der Waals surface area contributed by atoms with E-state index >= 15 is 0 Å². The molecule has 1 aromatic rings. The van der Waals surface area contributed by atoms with Crippen molar-refractivity contribution in [2.45, 2.75) is 51.4 Å². The zero-order chi connectivity index (χ0) is 13.0. The smallest absolute Gasteiger partial charge is 0.0735 e. The van der Waals surface area contributed by atoms with Crippen LogP contribution in [0.4, 0.5) is 0 Å². The molecule has 1 heterocycles. The van der Waals surface area contributed by atoms with Gasteiger partial charge in [0.1, 0.15) is 0 Å². The lowest BCUT2D eigenvalue weighted by atomic mass is 9.99. The van der Waals surface area contributed by atoms with Crippen molar-refractivity contribution in [1.82, 2.24) is 5.32 Å². The molecule has 1 saturated heterocycles. The van der Waals surface area contributed by atoms with Gasteiger partial charge in [0.25, 0.3) is 0 Å². The highest BCUT2D eigenvalue weighted by molar-refractivity contribution is 6.31. The minimum Gasteiger partial charge on any atom is -0.374 e. The standard InChI is InChI=1S/C15H22ClNO/c1-3-17-14(15-9-8-11(2)18-15)10-12-6-4-5-7-13(12)16/h4-7,11,14-15,17H,3,8-10H2,1-2H3. The van der Waals surface area contributed by atoms with E-state index in [1.165, 1.54) is 5.56 Å². The Balaban J connectivity index is 2.04. The molecule has 0 amide bonds. The SMILES string of the molecule is CCNC(Cc1ccccc1Cl)C1CCC(C)O1. The van der Waals surface area contributed by atoms with E-state index in [0.717, 1.165) is 30.8 Å². The van der Waals surface area contributed by atoms with Gasteiger partial charge in [0.2, 0.25) is 0 Å². The second kappa shape index (κ2) is 6.55. The van der Waals surface area contributed by atoms with E-state index in [-0.39, 0.29) is 0 Å². The Kier molecular flexibility index (Phi) is 5.04.